The van der Waals surface area contributed by atoms with E-state index >= 15 is 0 Å². The molecule has 0 saturated heterocycles. The summed E-state index contributed by atoms with van der Waals surface area (Å²) in [5.74, 6) is -2.06. The molecular formula is C18H13F2N5O2S. The van der Waals surface area contributed by atoms with Gasteiger partial charge in [-0.25, -0.2) is 8.78 Å². The molecule has 3 heterocycles. The number of hydrogen-bond donors (Lipinski definition) is 1. The van der Waals surface area contributed by atoms with Crippen LogP contribution in [0.25, 0.3) is 22.2 Å². The summed E-state index contributed by atoms with van der Waals surface area (Å²) in [6, 6.07) is 6.67. The fourth-order valence-corrected chi connectivity index (χ4v) is 3.26. The minimum Gasteiger partial charge on any atom is -0.333 e. The Morgan fingerprint density at radius 3 is 2.86 bits per heavy atom. The van der Waals surface area contributed by atoms with Crippen molar-refractivity contribution in [1.29, 1.82) is 0 Å². The largest absolute Gasteiger partial charge is 0.333 e. The lowest BCUT2D eigenvalue weighted by Crippen LogP contribution is -2.13. The van der Waals surface area contributed by atoms with Crippen molar-refractivity contribution in [3.63, 3.8) is 0 Å². The lowest BCUT2D eigenvalue weighted by molar-refractivity contribution is 0.102. The molecule has 0 atom stereocenters. The van der Waals surface area contributed by atoms with Crippen LogP contribution in [0.4, 0.5) is 14.5 Å². The molecule has 0 bridgehead atoms. The van der Waals surface area contributed by atoms with Crippen LogP contribution in [-0.4, -0.2) is 25.8 Å². The summed E-state index contributed by atoms with van der Waals surface area (Å²) >= 11 is 1.29. The first-order chi connectivity index (χ1) is 13.5. The minimum atomic E-state index is -1.00. The van der Waals surface area contributed by atoms with E-state index in [2.05, 4.69) is 20.6 Å². The van der Waals surface area contributed by atoms with E-state index in [-0.39, 0.29) is 28.9 Å². The number of nitrogens with one attached hydrogen (secondary N) is 1. The Labute approximate surface area is 161 Å². The van der Waals surface area contributed by atoms with E-state index in [1.165, 1.54) is 17.4 Å². The van der Waals surface area contributed by atoms with Gasteiger partial charge in [0.15, 0.2) is 17.3 Å². The number of hydrogen-bond acceptors (Lipinski definition) is 6. The van der Waals surface area contributed by atoms with Crippen molar-refractivity contribution in [3.8, 4) is 22.2 Å². The van der Waals surface area contributed by atoms with Gasteiger partial charge in [0.25, 0.3) is 11.8 Å². The molecule has 0 aliphatic carbocycles. The normalized spacial score (nSPS) is 11.0. The lowest BCUT2D eigenvalue weighted by Gasteiger charge is -2.02. The van der Waals surface area contributed by atoms with Crippen molar-refractivity contribution in [2.45, 2.75) is 13.5 Å². The predicted molar refractivity (Wildman–Crippen MR) is 98.8 cm³/mol. The Balaban J connectivity index is 1.58. The van der Waals surface area contributed by atoms with Gasteiger partial charge in [0.05, 0.1) is 5.69 Å². The van der Waals surface area contributed by atoms with Gasteiger partial charge >= 0.3 is 0 Å². The smallest absolute Gasteiger partial charge is 0.276 e. The Morgan fingerprint density at radius 2 is 2.11 bits per heavy atom. The molecule has 1 amide bonds. The average molecular weight is 401 g/mol. The zero-order valence-corrected chi connectivity index (χ0v) is 15.3. The van der Waals surface area contributed by atoms with Crippen LogP contribution in [0.2, 0.25) is 0 Å². The van der Waals surface area contributed by atoms with Gasteiger partial charge in [-0.3, -0.25) is 9.48 Å². The average Bonchev–Trinajstić information content (AvgIpc) is 3.43. The molecule has 0 unspecified atom stereocenters. The SMILES string of the molecule is CCn1ccc(C(=O)Nc2ccsc2-c2nc(-c3ccc(F)c(F)c3)no2)n1. The van der Waals surface area contributed by atoms with Crippen LogP contribution in [0, 0.1) is 11.6 Å². The number of thiophene rings is 1. The first kappa shape index (κ1) is 18.0. The molecule has 142 valence electrons. The molecule has 28 heavy (non-hydrogen) atoms. The zero-order valence-electron chi connectivity index (χ0n) is 14.5. The van der Waals surface area contributed by atoms with Crippen LogP contribution in [-0.2, 0) is 6.54 Å². The van der Waals surface area contributed by atoms with E-state index in [4.69, 9.17) is 4.52 Å². The fraction of sp³-hybridized carbons (Fsp3) is 0.111. The zero-order chi connectivity index (χ0) is 19.7. The highest BCUT2D eigenvalue weighted by molar-refractivity contribution is 7.14. The van der Waals surface area contributed by atoms with Crippen molar-refractivity contribution in [1.82, 2.24) is 19.9 Å². The number of carbonyl (C=O) groups excluding carboxylic acids is 1. The second kappa shape index (κ2) is 7.31. The van der Waals surface area contributed by atoms with E-state index in [0.29, 0.717) is 17.1 Å². The molecule has 7 nitrogen and oxygen atoms in total. The van der Waals surface area contributed by atoms with Gasteiger partial charge in [0.2, 0.25) is 5.82 Å². The molecule has 4 aromatic rings. The third-order valence-corrected chi connectivity index (χ3v) is 4.81. The van der Waals surface area contributed by atoms with Gasteiger partial charge < -0.3 is 9.84 Å². The number of nitrogens with zero attached hydrogens (tertiary/aromatic N) is 4. The maximum atomic E-state index is 13.4. The number of amides is 1. The van der Waals surface area contributed by atoms with E-state index in [9.17, 15) is 13.6 Å². The van der Waals surface area contributed by atoms with E-state index < -0.39 is 11.6 Å². The van der Waals surface area contributed by atoms with E-state index in [1.54, 1.807) is 28.4 Å². The molecule has 0 aliphatic heterocycles. The molecule has 1 aromatic carbocycles. The molecule has 0 aliphatic rings. The second-order valence-corrected chi connectivity index (χ2v) is 6.64. The van der Waals surface area contributed by atoms with Crippen LogP contribution in [0.5, 0.6) is 0 Å². The monoisotopic (exact) mass is 401 g/mol. The maximum Gasteiger partial charge on any atom is 0.276 e. The minimum absolute atomic E-state index is 0.112. The van der Waals surface area contributed by atoms with Gasteiger partial charge in [0.1, 0.15) is 4.88 Å². The first-order valence-electron chi connectivity index (χ1n) is 8.27. The quantitative estimate of drug-likeness (QED) is 0.541. The highest BCUT2D eigenvalue weighted by Crippen LogP contribution is 2.34. The van der Waals surface area contributed by atoms with Crippen LogP contribution >= 0.6 is 11.3 Å². The van der Waals surface area contributed by atoms with Crippen molar-refractivity contribution >= 4 is 22.9 Å². The topological polar surface area (TPSA) is 85.8 Å². The number of anilines is 1. The van der Waals surface area contributed by atoms with E-state index in [0.717, 1.165) is 12.1 Å². The molecule has 1 N–H and O–H groups in total. The second-order valence-electron chi connectivity index (χ2n) is 5.73. The van der Waals surface area contributed by atoms with Gasteiger partial charge in [-0.1, -0.05) is 5.16 Å². The van der Waals surface area contributed by atoms with Crippen LogP contribution in [0.3, 0.4) is 0 Å². The van der Waals surface area contributed by atoms with Crippen molar-refractivity contribution < 1.29 is 18.1 Å². The number of halogens is 2. The number of rotatable bonds is 5. The van der Waals surface area contributed by atoms with Crippen LogP contribution in [0.15, 0.2) is 46.4 Å². The molecule has 0 saturated carbocycles. The van der Waals surface area contributed by atoms with Gasteiger partial charge in [0, 0.05) is 18.3 Å². The summed E-state index contributed by atoms with van der Waals surface area (Å²) in [5.41, 5.74) is 1.05. The van der Waals surface area contributed by atoms with Crippen LogP contribution < -0.4 is 5.32 Å². The summed E-state index contributed by atoms with van der Waals surface area (Å²) in [7, 11) is 0. The fourth-order valence-electron chi connectivity index (χ4n) is 2.49. The lowest BCUT2D eigenvalue weighted by atomic mass is 10.2. The maximum absolute atomic E-state index is 13.4. The number of aryl methyl sites for hydroxylation is 1. The summed E-state index contributed by atoms with van der Waals surface area (Å²) in [4.78, 5) is 17.2. The summed E-state index contributed by atoms with van der Waals surface area (Å²) in [6.45, 7) is 2.58. The van der Waals surface area contributed by atoms with Gasteiger partial charge in [-0.2, -0.15) is 10.1 Å². The Hall–Kier alpha value is -3.40. The van der Waals surface area contributed by atoms with Gasteiger partial charge in [-0.15, -0.1) is 11.3 Å². The first-order valence-corrected chi connectivity index (χ1v) is 9.15. The Morgan fingerprint density at radius 1 is 1.25 bits per heavy atom. The molecule has 0 spiro atoms. The Kier molecular flexibility index (Phi) is 4.70. The van der Waals surface area contributed by atoms with E-state index in [1.807, 2.05) is 6.92 Å². The molecule has 4 rings (SSSR count). The standard InChI is InChI=1S/C18H13F2N5O2S/c1-2-25-7-5-14(23-25)17(26)21-13-6-8-28-15(13)18-22-16(24-27-18)10-3-4-11(19)12(20)9-10/h3-9H,2H2,1H3,(H,21,26). The summed E-state index contributed by atoms with van der Waals surface area (Å²) < 4.78 is 33.4. The number of benzene rings is 1. The molecule has 0 fully saturated rings. The molecular weight excluding hydrogens is 388 g/mol. The highest BCUT2D eigenvalue weighted by atomic mass is 32.1. The summed E-state index contributed by atoms with van der Waals surface area (Å²) in [5, 5.41) is 12.5. The number of aromatic nitrogens is 4. The predicted octanol–water partition coefficient (Wildman–Crippen LogP) is 4.21. The van der Waals surface area contributed by atoms with Crippen molar-refractivity contribution in [2.75, 3.05) is 5.32 Å². The highest BCUT2D eigenvalue weighted by Gasteiger charge is 2.19. The number of carbonyl (C=O) groups is 1. The molecule has 3 aromatic heterocycles. The van der Waals surface area contributed by atoms with Crippen molar-refractivity contribution in [3.05, 3.63) is 59.2 Å². The molecule has 10 heteroatoms. The third-order valence-electron chi connectivity index (χ3n) is 3.91. The van der Waals surface area contributed by atoms with Crippen molar-refractivity contribution in [2.24, 2.45) is 0 Å². The van der Waals surface area contributed by atoms with Gasteiger partial charge in [-0.05, 0) is 42.6 Å². The summed E-state index contributed by atoms with van der Waals surface area (Å²) in [6.07, 6.45) is 1.72. The molecule has 0 radical (unpaired) electrons. The third kappa shape index (κ3) is 3.41. The Bertz CT molecular complexity index is 1150. The van der Waals surface area contributed by atoms with Crippen LogP contribution in [0.1, 0.15) is 17.4 Å².